The molecule has 1 aromatic heterocycles. The molecule has 1 aliphatic rings. The van der Waals surface area contributed by atoms with Crippen LogP contribution in [0.1, 0.15) is 30.5 Å². The van der Waals surface area contributed by atoms with Crippen LogP contribution >= 0.6 is 0 Å². The molecule has 0 fully saturated rings. The first-order valence-electron chi connectivity index (χ1n) is 9.26. The molecule has 7 nitrogen and oxygen atoms in total. The van der Waals surface area contributed by atoms with Crippen LogP contribution in [0.4, 0.5) is 0 Å². The molecule has 27 heavy (non-hydrogen) atoms. The van der Waals surface area contributed by atoms with Gasteiger partial charge in [-0.2, -0.15) is 5.10 Å². The predicted octanol–water partition coefficient (Wildman–Crippen LogP) is 1.43. The lowest BCUT2D eigenvalue weighted by Crippen LogP contribution is -2.34. The zero-order valence-electron chi connectivity index (χ0n) is 15.5. The second-order valence-electron chi connectivity index (χ2n) is 6.72. The maximum absolute atomic E-state index is 12.3. The van der Waals surface area contributed by atoms with Crippen LogP contribution in [0.2, 0.25) is 0 Å². The van der Waals surface area contributed by atoms with Crippen LogP contribution in [0.15, 0.2) is 49.1 Å². The van der Waals surface area contributed by atoms with Crippen molar-refractivity contribution in [2.45, 2.75) is 32.2 Å². The number of carbonyl (C=O) groups is 2. The molecule has 2 N–H and O–H groups in total. The average Bonchev–Trinajstić information content (AvgIpc) is 3.24. The number of hydrogen-bond acceptors (Lipinski definition) is 4. The maximum Gasteiger partial charge on any atom is 0.244 e. The molecular formula is C20H25N5O2. The van der Waals surface area contributed by atoms with Crippen LogP contribution in [-0.4, -0.2) is 39.7 Å². The van der Waals surface area contributed by atoms with Gasteiger partial charge in [-0.3, -0.25) is 9.59 Å². The molecule has 0 bridgehead atoms. The third kappa shape index (κ3) is 5.03. The van der Waals surface area contributed by atoms with Gasteiger partial charge in [-0.1, -0.05) is 36.4 Å². The number of benzene rings is 1. The van der Waals surface area contributed by atoms with Gasteiger partial charge in [0.15, 0.2) is 0 Å². The Morgan fingerprint density at radius 3 is 2.70 bits per heavy atom. The van der Waals surface area contributed by atoms with Crippen molar-refractivity contribution < 1.29 is 9.59 Å². The number of nitrogens with one attached hydrogen (secondary N) is 2. The average molecular weight is 367 g/mol. The van der Waals surface area contributed by atoms with Crippen molar-refractivity contribution in [3.05, 3.63) is 60.2 Å². The SMILES string of the molecule is CC(C(=O)NCC=CCNC(=O)C1CCc2ccccc2C1)n1cncn1. The number of rotatable bonds is 7. The summed E-state index contributed by atoms with van der Waals surface area (Å²) in [5.74, 6) is 0.00424. The third-order valence-corrected chi connectivity index (χ3v) is 4.89. The highest BCUT2D eigenvalue weighted by Crippen LogP contribution is 2.25. The summed E-state index contributed by atoms with van der Waals surface area (Å²) in [6, 6.07) is 7.92. The minimum Gasteiger partial charge on any atom is -0.352 e. The van der Waals surface area contributed by atoms with Crippen molar-refractivity contribution in [1.82, 2.24) is 25.4 Å². The molecule has 2 unspecified atom stereocenters. The first-order valence-corrected chi connectivity index (χ1v) is 9.26. The summed E-state index contributed by atoms with van der Waals surface area (Å²) in [5, 5.41) is 9.71. The van der Waals surface area contributed by atoms with Crippen molar-refractivity contribution in [2.75, 3.05) is 13.1 Å². The predicted molar refractivity (Wildman–Crippen MR) is 102 cm³/mol. The molecular weight excluding hydrogens is 342 g/mol. The van der Waals surface area contributed by atoms with E-state index in [1.807, 2.05) is 18.2 Å². The summed E-state index contributed by atoms with van der Waals surface area (Å²) >= 11 is 0. The minimum atomic E-state index is -0.408. The Kier molecular flexibility index (Phi) is 6.35. The summed E-state index contributed by atoms with van der Waals surface area (Å²) in [7, 11) is 0. The van der Waals surface area contributed by atoms with Gasteiger partial charge in [0.1, 0.15) is 18.7 Å². The number of aromatic nitrogens is 3. The van der Waals surface area contributed by atoms with Crippen LogP contribution in [0.3, 0.4) is 0 Å². The second-order valence-corrected chi connectivity index (χ2v) is 6.72. The van der Waals surface area contributed by atoms with Crippen molar-refractivity contribution in [3.8, 4) is 0 Å². The van der Waals surface area contributed by atoms with E-state index in [4.69, 9.17) is 0 Å². The minimum absolute atomic E-state index is 0.0385. The van der Waals surface area contributed by atoms with Gasteiger partial charge in [-0.25, -0.2) is 9.67 Å². The van der Waals surface area contributed by atoms with E-state index >= 15 is 0 Å². The van der Waals surface area contributed by atoms with Crippen LogP contribution in [-0.2, 0) is 22.4 Å². The van der Waals surface area contributed by atoms with Gasteiger partial charge >= 0.3 is 0 Å². The first-order chi connectivity index (χ1) is 13.1. The summed E-state index contributed by atoms with van der Waals surface area (Å²) in [4.78, 5) is 28.2. The molecule has 142 valence electrons. The van der Waals surface area contributed by atoms with Crippen molar-refractivity contribution in [3.63, 3.8) is 0 Å². The first kappa shape index (κ1) is 18.8. The third-order valence-electron chi connectivity index (χ3n) is 4.89. The largest absolute Gasteiger partial charge is 0.352 e. The van der Waals surface area contributed by atoms with Gasteiger partial charge in [-0.05, 0) is 37.3 Å². The second kappa shape index (κ2) is 9.12. The summed E-state index contributed by atoms with van der Waals surface area (Å²) in [5.41, 5.74) is 2.64. The number of amides is 2. The van der Waals surface area contributed by atoms with Crippen molar-refractivity contribution >= 4 is 11.8 Å². The van der Waals surface area contributed by atoms with E-state index in [0.717, 1.165) is 19.3 Å². The lowest BCUT2D eigenvalue weighted by atomic mass is 9.83. The lowest BCUT2D eigenvalue weighted by Gasteiger charge is -2.23. The maximum atomic E-state index is 12.3. The Hall–Kier alpha value is -2.96. The van der Waals surface area contributed by atoms with Gasteiger partial charge in [0.25, 0.3) is 0 Å². The van der Waals surface area contributed by atoms with Crippen molar-refractivity contribution in [1.29, 1.82) is 0 Å². The molecule has 1 aromatic carbocycles. The Balaban J connectivity index is 1.35. The zero-order valence-corrected chi connectivity index (χ0v) is 15.5. The monoisotopic (exact) mass is 367 g/mol. The standard InChI is InChI=1S/C20H25N5O2/c1-15(25-14-21-13-24-25)19(26)22-10-4-5-11-23-20(27)18-9-8-16-6-2-3-7-17(16)12-18/h2-7,13-15,18H,8-12H2,1H3,(H,22,26)(H,23,27). The van der Waals surface area contributed by atoms with E-state index in [1.165, 1.54) is 28.5 Å². The van der Waals surface area contributed by atoms with Gasteiger partial charge in [0, 0.05) is 19.0 Å². The quantitative estimate of drug-likeness (QED) is 0.725. The van der Waals surface area contributed by atoms with Gasteiger partial charge < -0.3 is 10.6 Å². The molecule has 2 amide bonds. The Labute approximate surface area is 158 Å². The number of aryl methyl sites for hydroxylation is 1. The van der Waals surface area contributed by atoms with Crippen LogP contribution in [0.25, 0.3) is 0 Å². The molecule has 0 saturated heterocycles. The molecule has 1 heterocycles. The Bertz CT molecular complexity index is 800. The fourth-order valence-corrected chi connectivity index (χ4v) is 3.24. The molecule has 0 radical (unpaired) electrons. The van der Waals surface area contributed by atoms with E-state index in [1.54, 1.807) is 6.92 Å². The molecule has 0 aliphatic heterocycles. The molecule has 0 saturated carbocycles. The van der Waals surface area contributed by atoms with Crippen LogP contribution in [0, 0.1) is 5.92 Å². The molecule has 0 spiro atoms. The fourth-order valence-electron chi connectivity index (χ4n) is 3.24. The highest BCUT2D eigenvalue weighted by atomic mass is 16.2. The summed E-state index contributed by atoms with van der Waals surface area (Å²) < 4.78 is 1.50. The molecule has 7 heteroatoms. The molecule has 3 rings (SSSR count). The van der Waals surface area contributed by atoms with Gasteiger partial charge in [0.2, 0.25) is 11.8 Å². The summed E-state index contributed by atoms with van der Waals surface area (Å²) in [6.45, 7) is 2.63. The topological polar surface area (TPSA) is 88.9 Å². The Morgan fingerprint density at radius 1 is 1.22 bits per heavy atom. The number of fused-ring (bicyclic) bond motifs is 1. The van der Waals surface area contributed by atoms with Gasteiger partial charge in [0.05, 0.1) is 0 Å². The van der Waals surface area contributed by atoms with E-state index in [9.17, 15) is 9.59 Å². The van der Waals surface area contributed by atoms with Crippen molar-refractivity contribution in [2.24, 2.45) is 5.92 Å². The highest BCUT2D eigenvalue weighted by Gasteiger charge is 2.23. The lowest BCUT2D eigenvalue weighted by molar-refractivity contribution is -0.125. The zero-order chi connectivity index (χ0) is 19.1. The molecule has 1 aliphatic carbocycles. The summed E-state index contributed by atoms with van der Waals surface area (Å²) in [6.07, 6.45) is 9.26. The number of carbonyl (C=O) groups excluding carboxylic acids is 2. The van der Waals surface area contributed by atoms with Crippen LogP contribution < -0.4 is 10.6 Å². The van der Waals surface area contributed by atoms with E-state index in [2.05, 4.69) is 38.9 Å². The van der Waals surface area contributed by atoms with Crippen LogP contribution in [0.5, 0.6) is 0 Å². The van der Waals surface area contributed by atoms with E-state index in [0.29, 0.717) is 13.1 Å². The smallest absolute Gasteiger partial charge is 0.244 e. The van der Waals surface area contributed by atoms with E-state index in [-0.39, 0.29) is 17.7 Å². The fraction of sp³-hybridized carbons (Fsp3) is 0.400. The number of nitrogens with zero attached hydrogens (tertiary/aromatic N) is 3. The Morgan fingerprint density at radius 2 is 1.96 bits per heavy atom. The van der Waals surface area contributed by atoms with E-state index < -0.39 is 6.04 Å². The molecule has 2 atom stereocenters. The normalized spacial score (nSPS) is 17.3. The highest BCUT2D eigenvalue weighted by molar-refractivity contribution is 5.80. The van der Waals surface area contributed by atoms with Gasteiger partial charge in [-0.15, -0.1) is 0 Å². The molecule has 2 aromatic rings. The number of hydrogen-bond donors (Lipinski definition) is 2.